The van der Waals surface area contributed by atoms with Crippen LogP contribution in [0.15, 0.2) is 0 Å². The number of rotatable bonds is 4. The summed E-state index contributed by atoms with van der Waals surface area (Å²) in [6.07, 6.45) is 3.00. The van der Waals surface area contributed by atoms with Crippen LogP contribution in [-0.2, 0) is 28.5 Å². The van der Waals surface area contributed by atoms with E-state index >= 15 is 0 Å². The summed E-state index contributed by atoms with van der Waals surface area (Å²) >= 11 is 0. The van der Waals surface area contributed by atoms with Crippen molar-refractivity contribution in [2.45, 2.75) is 99.9 Å². The lowest BCUT2D eigenvalue weighted by Gasteiger charge is -2.47. The Morgan fingerprint density at radius 3 is 2.56 bits per heavy atom. The van der Waals surface area contributed by atoms with Crippen molar-refractivity contribution in [3.05, 3.63) is 0 Å². The number of aliphatic hydroxyl groups is 2. The van der Waals surface area contributed by atoms with Gasteiger partial charge in [-0.1, -0.05) is 6.42 Å². The van der Waals surface area contributed by atoms with E-state index in [1.165, 1.54) is 7.11 Å². The number of hydrogen-bond acceptors (Lipinski definition) is 8. The molecule has 4 fully saturated rings. The number of fused-ring (bicyclic) bond motifs is 3. The third-order valence-electron chi connectivity index (χ3n) is 6.30. The number of carbonyl (C=O) groups is 1. The molecule has 1 aliphatic carbocycles. The van der Waals surface area contributed by atoms with Crippen LogP contribution in [-0.4, -0.2) is 78.4 Å². The largest absolute Gasteiger partial charge is 0.469 e. The Kier molecular flexibility index (Phi) is 5.74. The van der Waals surface area contributed by atoms with E-state index in [0.717, 1.165) is 32.1 Å². The van der Waals surface area contributed by atoms with Crippen LogP contribution < -0.4 is 0 Å². The molecule has 3 heterocycles. The van der Waals surface area contributed by atoms with Gasteiger partial charge in [-0.15, -0.1) is 0 Å². The summed E-state index contributed by atoms with van der Waals surface area (Å²) in [6.45, 7) is -0.395. The van der Waals surface area contributed by atoms with E-state index in [2.05, 4.69) is 0 Å². The Morgan fingerprint density at radius 2 is 1.85 bits per heavy atom. The smallest absolute Gasteiger partial charge is 0.308 e. The standard InChI is InChI=1S/C19H30O8/c1-23-14(22)9-11-5-6-13-16(24-11)18-17(15(25-13)12(21)10-20)26-19(27-18)7-3-2-4-8-19/h11-13,15-18,20-21H,2-10H2,1H3/t11?,12-,13+,15+,16+,17-,18+/m1/s1. The Morgan fingerprint density at radius 1 is 1.11 bits per heavy atom. The van der Waals surface area contributed by atoms with E-state index in [1.807, 2.05) is 0 Å². The summed E-state index contributed by atoms with van der Waals surface area (Å²) in [4.78, 5) is 11.6. The summed E-state index contributed by atoms with van der Waals surface area (Å²) in [5.74, 6) is -0.953. The molecule has 3 aliphatic heterocycles. The summed E-state index contributed by atoms with van der Waals surface area (Å²) in [5.41, 5.74) is 0. The minimum Gasteiger partial charge on any atom is -0.469 e. The van der Waals surface area contributed by atoms with Crippen LogP contribution in [0, 0.1) is 0 Å². The lowest BCUT2D eigenvalue weighted by atomic mass is 9.87. The van der Waals surface area contributed by atoms with Crippen molar-refractivity contribution >= 4 is 5.97 Å². The van der Waals surface area contributed by atoms with Gasteiger partial charge in [0.1, 0.15) is 30.5 Å². The van der Waals surface area contributed by atoms with Gasteiger partial charge in [0.15, 0.2) is 5.79 Å². The lowest BCUT2D eigenvalue weighted by Crippen LogP contribution is -2.62. The highest BCUT2D eigenvalue weighted by Gasteiger charge is 2.60. The first-order valence-electron chi connectivity index (χ1n) is 10.1. The number of aliphatic hydroxyl groups excluding tert-OH is 2. The zero-order chi connectivity index (χ0) is 19.0. The third-order valence-corrected chi connectivity index (χ3v) is 6.30. The summed E-state index contributed by atoms with van der Waals surface area (Å²) in [5, 5.41) is 19.8. The molecule has 0 aromatic heterocycles. The van der Waals surface area contributed by atoms with Crippen molar-refractivity contribution in [3.8, 4) is 0 Å². The van der Waals surface area contributed by atoms with Gasteiger partial charge in [0.2, 0.25) is 0 Å². The molecule has 1 unspecified atom stereocenters. The van der Waals surface area contributed by atoms with E-state index in [-0.39, 0.29) is 36.8 Å². The van der Waals surface area contributed by atoms with E-state index in [9.17, 15) is 15.0 Å². The van der Waals surface area contributed by atoms with Gasteiger partial charge in [0.05, 0.1) is 32.3 Å². The molecular weight excluding hydrogens is 356 g/mol. The van der Waals surface area contributed by atoms with Crippen LogP contribution >= 0.6 is 0 Å². The molecule has 0 bridgehead atoms. The molecule has 7 atom stereocenters. The fraction of sp³-hybridized carbons (Fsp3) is 0.947. The minimum atomic E-state index is -1.03. The maximum absolute atomic E-state index is 11.6. The first-order valence-corrected chi connectivity index (χ1v) is 10.1. The van der Waals surface area contributed by atoms with Crippen LogP contribution in [0.5, 0.6) is 0 Å². The average molecular weight is 386 g/mol. The second-order valence-electron chi connectivity index (χ2n) is 8.11. The highest BCUT2D eigenvalue weighted by atomic mass is 16.8. The number of methoxy groups -OCH3 is 1. The fourth-order valence-corrected chi connectivity index (χ4v) is 4.93. The van der Waals surface area contributed by atoms with Crippen molar-refractivity contribution in [2.75, 3.05) is 13.7 Å². The predicted molar refractivity (Wildman–Crippen MR) is 91.8 cm³/mol. The van der Waals surface area contributed by atoms with Gasteiger partial charge >= 0.3 is 5.97 Å². The Hall–Kier alpha value is -0.770. The van der Waals surface area contributed by atoms with Gasteiger partial charge < -0.3 is 33.9 Å². The third kappa shape index (κ3) is 3.75. The Balaban J connectivity index is 1.54. The summed E-state index contributed by atoms with van der Waals surface area (Å²) < 4.78 is 29.8. The molecule has 154 valence electrons. The summed E-state index contributed by atoms with van der Waals surface area (Å²) in [7, 11) is 1.37. The van der Waals surface area contributed by atoms with Crippen LogP contribution in [0.2, 0.25) is 0 Å². The highest BCUT2D eigenvalue weighted by molar-refractivity contribution is 5.69. The molecule has 1 spiro atoms. The van der Waals surface area contributed by atoms with Gasteiger partial charge in [0, 0.05) is 12.8 Å². The molecule has 0 radical (unpaired) electrons. The average Bonchev–Trinajstić information content (AvgIpc) is 3.06. The maximum Gasteiger partial charge on any atom is 0.308 e. The van der Waals surface area contributed by atoms with E-state index in [0.29, 0.717) is 12.8 Å². The molecule has 8 nitrogen and oxygen atoms in total. The molecule has 0 aromatic carbocycles. The van der Waals surface area contributed by atoms with Gasteiger partial charge in [0.25, 0.3) is 0 Å². The molecule has 3 saturated heterocycles. The molecule has 1 saturated carbocycles. The monoisotopic (exact) mass is 386 g/mol. The predicted octanol–water partition coefficient (Wildman–Crippen LogP) is 0.662. The first-order chi connectivity index (χ1) is 13.0. The van der Waals surface area contributed by atoms with Crippen molar-refractivity contribution < 1.29 is 38.7 Å². The van der Waals surface area contributed by atoms with E-state index in [1.54, 1.807) is 0 Å². The highest BCUT2D eigenvalue weighted by Crippen LogP contribution is 2.47. The van der Waals surface area contributed by atoms with Gasteiger partial charge in [-0.2, -0.15) is 0 Å². The number of esters is 1. The molecule has 4 aliphatic rings. The van der Waals surface area contributed by atoms with Crippen LogP contribution in [0.4, 0.5) is 0 Å². The molecule has 8 heteroatoms. The zero-order valence-electron chi connectivity index (χ0n) is 15.7. The van der Waals surface area contributed by atoms with E-state index in [4.69, 9.17) is 23.7 Å². The molecule has 27 heavy (non-hydrogen) atoms. The minimum absolute atomic E-state index is 0.200. The van der Waals surface area contributed by atoms with Crippen molar-refractivity contribution in [3.63, 3.8) is 0 Å². The number of hydrogen-bond donors (Lipinski definition) is 2. The quantitative estimate of drug-likeness (QED) is 0.680. The SMILES string of the molecule is COC(=O)CC1CC[C@@H]2O[C@@H]([C@H](O)CO)[C@H]3OC4(CCCCC4)O[C@H]3[C@H]2O1. The fourth-order valence-electron chi connectivity index (χ4n) is 4.93. The van der Waals surface area contributed by atoms with Crippen LogP contribution in [0.1, 0.15) is 51.4 Å². The topological polar surface area (TPSA) is 104 Å². The number of carbonyl (C=O) groups excluding carboxylic acids is 1. The van der Waals surface area contributed by atoms with Crippen molar-refractivity contribution in [1.82, 2.24) is 0 Å². The van der Waals surface area contributed by atoms with Gasteiger partial charge in [-0.05, 0) is 25.7 Å². The molecule has 2 N–H and O–H groups in total. The van der Waals surface area contributed by atoms with Crippen molar-refractivity contribution in [2.24, 2.45) is 0 Å². The van der Waals surface area contributed by atoms with Gasteiger partial charge in [-0.25, -0.2) is 0 Å². The Labute approximate surface area is 159 Å². The normalized spacial score (nSPS) is 41.6. The van der Waals surface area contributed by atoms with Crippen molar-refractivity contribution in [1.29, 1.82) is 0 Å². The first kappa shape index (κ1) is 19.5. The van der Waals surface area contributed by atoms with Gasteiger partial charge in [-0.3, -0.25) is 4.79 Å². The maximum atomic E-state index is 11.6. The molecule has 4 rings (SSSR count). The second kappa shape index (κ2) is 7.93. The summed E-state index contributed by atoms with van der Waals surface area (Å²) in [6, 6.07) is 0. The molecule has 0 amide bonds. The molecular formula is C19H30O8. The number of ether oxygens (including phenoxy) is 5. The molecule has 0 aromatic rings. The zero-order valence-corrected chi connectivity index (χ0v) is 15.7. The van der Waals surface area contributed by atoms with Crippen LogP contribution in [0.3, 0.4) is 0 Å². The van der Waals surface area contributed by atoms with E-state index < -0.39 is 30.7 Å². The Bertz CT molecular complexity index is 534. The lowest BCUT2D eigenvalue weighted by molar-refractivity contribution is -0.256. The second-order valence-corrected chi connectivity index (χ2v) is 8.11. The van der Waals surface area contributed by atoms with Crippen LogP contribution in [0.25, 0.3) is 0 Å².